The summed E-state index contributed by atoms with van der Waals surface area (Å²) in [5.74, 6) is 0. The number of ether oxygens (including phenoxy) is 3. The van der Waals surface area contributed by atoms with Gasteiger partial charge in [-0.1, -0.05) is 43.1 Å². The van der Waals surface area contributed by atoms with Crippen LogP contribution in [0.5, 0.6) is 0 Å². The Morgan fingerprint density at radius 2 is 2.10 bits per heavy atom. The Kier molecular flexibility index (Phi) is 8.12. The fourth-order valence-corrected chi connectivity index (χ4v) is 2.31. The molecule has 1 rings (SSSR count). The summed E-state index contributed by atoms with van der Waals surface area (Å²) in [5.41, 5.74) is 5.92. The number of benzene rings is 1. The van der Waals surface area contributed by atoms with Crippen LogP contribution in [0.4, 0.5) is 4.79 Å². The molecule has 0 saturated carbocycles. The number of unbranched alkanes of at least 4 members (excludes halogenated alkanes) is 1. The maximum absolute atomic E-state index is 11.1. The van der Waals surface area contributed by atoms with Crippen molar-refractivity contribution in [3.05, 3.63) is 34.9 Å². The van der Waals surface area contributed by atoms with Crippen molar-refractivity contribution in [1.29, 1.82) is 0 Å². The molecule has 0 aromatic heterocycles. The monoisotopic (exact) mass is 315 g/mol. The Hall–Kier alpha value is -1.30. The quantitative estimate of drug-likeness (QED) is 0.706. The predicted octanol–water partition coefficient (Wildman–Crippen LogP) is 3.66. The number of nitrogens with two attached hydrogens (primary N) is 1. The maximum Gasteiger partial charge on any atom is 0.404 e. The zero-order valence-corrected chi connectivity index (χ0v) is 13.1. The molecule has 1 aromatic rings. The minimum atomic E-state index is -0.825. The lowest BCUT2D eigenvalue weighted by molar-refractivity contribution is -0.117. The van der Waals surface area contributed by atoms with E-state index in [4.69, 9.17) is 31.5 Å². The highest BCUT2D eigenvalue weighted by Gasteiger charge is 2.28. The van der Waals surface area contributed by atoms with E-state index in [9.17, 15) is 4.79 Å². The standard InChI is InChI=1S/C15H22ClNO4/c1-3-4-9-13(21-15(17)18)14(20-10-19-2)11-7-5-6-8-12(11)16/h5-8,13-14H,3-4,9-10H2,1-2H3,(H2,17,18). The van der Waals surface area contributed by atoms with E-state index < -0.39 is 18.3 Å². The molecule has 0 bridgehead atoms. The van der Waals surface area contributed by atoms with Crippen molar-refractivity contribution in [1.82, 2.24) is 0 Å². The minimum Gasteiger partial charge on any atom is -0.443 e. The van der Waals surface area contributed by atoms with Gasteiger partial charge >= 0.3 is 6.09 Å². The van der Waals surface area contributed by atoms with Crippen molar-refractivity contribution in [2.24, 2.45) is 5.73 Å². The van der Waals surface area contributed by atoms with Gasteiger partial charge in [0.25, 0.3) is 0 Å². The summed E-state index contributed by atoms with van der Waals surface area (Å²) >= 11 is 6.22. The number of hydrogen-bond acceptors (Lipinski definition) is 4. The van der Waals surface area contributed by atoms with E-state index >= 15 is 0 Å². The molecule has 0 radical (unpaired) electrons. The maximum atomic E-state index is 11.1. The van der Waals surface area contributed by atoms with E-state index in [0.717, 1.165) is 18.4 Å². The molecule has 5 nitrogen and oxygen atoms in total. The first kappa shape index (κ1) is 17.8. The van der Waals surface area contributed by atoms with Crippen LogP contribution in [-0.4, -0.2) is 26.1 Å². The molecule has 2 unspecified atom stereocenters. The molecule has 0 heterocycles. The molecule has 6 heteroatoms. The number of rotatable bonds is 9. The lowest BCUT2D eigenvalue weighted by atomic mass is 10.00. The number of primary amides is 1. The van der Waals surface area contributed by atoms with Crippen LogP contribution in [0, 0.1) is 0 Å². The Morgan fingerprint density at radius 3 is 2.67 bits per heavy atom. The van der Waals surface area contributed by atoms with Crippen LogP contribution in [0.2, 0.25) is 5.02 Å². The number of amides is 1. The zero-order valence-electron chi connectivity index (χ0n) is 12.4. The molecule has 0 aliphatic heterocycles. The van der Waals surface area contributed by atoms with Crippen LogP contribution < -0.4 is 5.73 Å². The molecule has 0 saturated heterocycles. The lowest BCUT2D eigenvalue weighted by Crippen LogP contribution is -2.30. The molecule has 21 heavy (non-hydrogen) atoms. The number of carbonyl (C=O) groups is 1. The molecule has 118 valence electrons. The Balaban J connectivity index is 3.00. The molecule has 1 aromatic carbocycles. The van der Waals surface area contributed by atoms with Crippen molar-refractivity contribution < 1.29 is 19.0 Å². The summed E-state index contributed by atoms with van der Waals surface area (Å²) in [6, 6.07) is 7.29. The van der Waals surface area contributed by atoms with Crippen LogP contribution in [-0.2, 0) is 14.2 Å². The van der Waals surface area contributed by atoms with Gasteiger partial charge in [0.2, 0.25) is 0 Å². The molecular weight excluding hydrogens is 294 g/mol. The molecule has 0 spiro atoms. The Morgan fingerprint density at radius 1 is 1.38 bits per heavy atom. The molecule has 0 aliphatic rings. The highest BCUT2D eigenvalue weighted by atomic mass is 35.5. The van der Waals surface area contributed by atoms with E-state index in [2.05, 4.69) is 6.92 Å². The Bertz CT molecular complexity index is 441. The van der Waals surface area contributed by atoms with E-state index in [0.29, 0.717) is 11.4 Å². The number of halogens is 1. The van der Waals surface area contributed by atoms with Crippen molar-refractivity contribution >= 4 is 17.7 Å². The highest BCUT2D eigenvalue weighted by Crippen LogP contribution is 2.31. The van der Waals surface area contributed by atoms with E-state index in [1.807, 2.05) is 18.2 Å². The molecule has 1 amide bonds. The van der Waals surface area contributed by atoms with Gasteiger partial charge in [0.05, 0.1) is 0 Å². The van der Waals surface area contributed by atoms with E-state index in [1.165, 1.54) is 7.11 Å². The Labute approximate surface area is 130 Å². The third kappa shape index (κ3) is 5.91. The van der Waals surface area contributed by atoms with Gasteiger partial charge in [-0.25, -0.2) is 4.79 Å². The highest BCUT2D eigenvalue weighted by molar-refractivity contribution is 6.31. The average molecular weight is 316 g/mol. The third-order valence-corrected chi connectivity index (χ3v) is 3.37. The fraction of sp³-hybridized carbons (Fsp3) is 0.533. The van der Waals surface area contributed by atoms with Crippen LogP contribution in [0.15, 0.2) is 24.3 Å². The second-order valence-corrected chi connectivity index (χ2v) is 5.04. The van der Waals surface area contributed by atoms with Crippen LogP contribution in [0.25, 0.3) is 0 Å². The van der Waals surface area contributed by atoms with Gasteiger partial charge in [0.15, 0.2) is 0 Å². The van der Waals surface area contributed by atoms with Crippen molar-refractivity contribution in [3.63, 3.8) is 0 Å². The first-order valence-corrected chi connectivity index (χ1v) is 7.29. The summed E-state index contributed by atoms with van der Waals surface area (Å²) < 4.78 is 15.9. The van der Waals surface area contributed by atoms with E-state index in [-0.39, 0.29) is 6.79 Å². The number of methoxy groups -OCH3 is 1. The second-order valence-electron chi connectivity index (χ2n) is 4.63. The smallest absolute Gasteiger partial charge is 0.404 e. The normalized spacial score (nSPS) is 13.7. The first-order chi connectivity index (χ1) is 10.1. The van der Waals surface area contributed by atoms with Gasteiger partial charge in [-0.05, 0) is 18.9 Å². The molecule has 2 N–H and O–H groups in total. The van der Waals surface area contributed by atoms with Gasteiger partial charge in [0, 0.05) is 17.7 Å². The summed E-state index contributed by atoms with van der Waals surface area (Å²) in [6.07, 6.45) is 0.649. The summed E-state index contributed by atoms with van der Waals surface area (Å²) in [5, 5.41) is 0.549. The SMILES string of the molecule is CCCCC(OC(N)=O)C(OCOC)c1ccccc1Cl. The molecule has 0 fully saturated rings. The van der Waals surface area contributed by atoms with E-state index in [1.54, 1.807) is 6.07 Å². The van der Waals surface area contributed by atoms with Crippen LogP contribution in [0.3, 0.4) is 0 Å². The van der Waals surface area contributed by atoms with Gasteiger partial charge in [-0.3, -0.25) is 0 Å². The molecule has 0 aliphatic carbocycles. The van der Waals surface area contributed by atoms with Crippen LogP contribution in [0.1, 0.15) is 37.9 Å². The predicted molar refractivity (Wildman–Crippen MR) is 81.1 cm³/mol. The molecular formula is C15H22ClNO4. The zero-order chi connectivity index (χ0) is 15.7. The number of carbonyl (C=O) groups excluding carboxylic acids is 1. The third-order valence-electron chi connectivity index (χ3n) is 3.02. The van der Waals surface area contributed by atoms with Crippen molar-refractivity contribution in [2.75, 3.05) is 13.9 Å². The summed E-state index contributed by atoms with van der Waals surface area (Å²) in [7, 11) is 1.53. The first-order valence-electron chi connectivity index (χ1n) is 6.91. The second kappa shape index (κ2) is 9.60. The van der Waals surface area contributed by atoms with Crippen LogP contribution >= 0.6 is 11.6 Å². The van der Waals surface area contributed by atoms with Gasteiger partial charge in [0.1, 0.15) is 19.0 Å². The summed E-state index contributed by atoms with van der Waals surface area (Å²) in [4.78, 5) is 11.1. The van der Waals surface area contributed by atoms with Gasteiger partial charge < -0.3 is 19.9 Å². The fourth-order valence-electron chi connectivity index (χ4n) is 2.07. The largest absolute Gasteiger partial charge is 0.443 e. The van der Waals surface area contributed by atoms with Crippen molar-refractivity contribution in [3.8, 4) is 0 Å². The lowest BCUT2D eigenvalue weighted by Gasteiger charge is -2.27. The number of hydrogen-bond donors (Lipinski definition) is 1. The molecule has 2 atom stereocenters. The topological polar surface area (TPSA) is 70.8 Å². The van der Waals surface area contributed by atoms with Crippen molar-refractivity contribution in [2.45, 2.75) is 38.4 Å². The minimum absolute atomic E-state index is 0.0701. The average Bonchev–Trinajstić information content (AvgIpc) is 2.46. The van der Waals surface area contributed by atoms with Gasteiger partial charge in [-0.2, -0.15) is 0 Å². The van der Waals surface area contributed by atoms with Gasteiger partial charge in [-0.15, -0.1) is 0 Å². The summed E-state index contributed by atoms with van der Waals surface area (Å²) in [6.45, 7) is 2.13.